The van der Waals surface area contributed by atoms with Crippen molar-refractivity contribution in [3.05, 3.63) is 40.1 Å². The van der Waals surface area contributed by atoms with Crippen LogP contribution in [0.15, 0.2) is 28.7 Å². The monoisotopic (exact) mass is 394 g/mol. The van der Waals surface area contributed by atoms with E-state index in [2.05, 4.69) is 31.6 Å². The number of nitrogens with one attached hydrogen (secondary N) is 1. The second-order valence-electron chi connectivity index (χ2n) is 5.91. The van der Waals surface area contributed by atoms with Gasteiger partial charge >= 0.3 is 5.97 Å². The van der Waals surface area contributed by atoms with Crippen molar-refractivity contribution in [2.24, 2.45) is 5.92 Å². The van der Waals surface area contributed by atoms with Gasteiger partial charge in [0.1, 0.15) is 6.04 Å². The number of rotatable bonds is 6. The molecule has 1 atom stereocenters. The van der Waals surface area contributed by atoms with E-state index in [0.717, 1.165) is 10.2 Å². The number of carbonyl (C=O) groups is 2. The van der Waals surface area contributed by atoms with E-state index < -0.39 is 17.9 Å². The van der Waals surface area contributed by atoms with Crippen molar-refractivity contribution >= 4 is 27.8 Å². The summed E-state index contributed by atoms with van der Waals surface area (Å²) in [6.07, 6.45) is 0.347. The second kappa shape index (κ2) is 7.57. The number of nitrogens with zero attached hydrogens (tertiary/aromatic N) is 3. The second-order valence-corrected chi connectivity index (χ2v) is 6.82. The summed E-state index contributed by atoms with van der Waals surface area (Å²) in [7, 11) is 0. The standard InChI is InChI=1S/C16H19BrN4O3/c1-9(2)7-13(16(23)24)18-15(22)14-10(3)21(20-19-14)12-6-4-5-11(17)8-12/h4-6,8-9,13H,7H2,1-3H3,(H,18,22)(H,23,24)/t13-/m0/s1. The van der Waals surface area contributed by atoms with Gasteiger partial charge in [-0.3, -0.25) is 4.79 Å². The number of halogens is 1. The molecule has 8 heteroatoms. The third-order valence-corrected chi connectivity index (χ3v) is 3.97. The summed E-state index contributed by atoms with van der Waals surface area (Å²) in [4.78, 5) is 23.7. The molecule has 1 heterocycles. The van der Waals surface area contributed by atoms with Gasteiger partial charge in [0.25, 0.3) is 5.91 Å². The number of carboxylic acids is 1. The number of benzene rings is 1. The molecule has 1 aromatic heterocycles. The molecule has 2 aromatic rings. The van der Waals surface area contributed by atoms with E-state index in [1.54, 1.807) is 6.92 Å². The van der Waals surface area contributed by atoms with E-state index in [9.17, 15) is 14.7 Å². The third kappa shape index (κ3) is 4.19. The van der Waals surface area contributed by atoms with Crippen LogP contribution in [0.2, 0.25) is 0 Å². The predicted molar refractivity (Wildman–Crippen MR) is 92.1 cm³/mol. The van der Waals surface area contributed by atoms with Gasteiger partial charge in [0.2, 0.25) is 0 Å². The molecular weight excluding hydrogens is 376 g/mol. The fourth-order valence-electron chi connectivity index (χ4n) is 2.31. The summed E-state index contributed by atoms with van der Waals surface area (Å²) in [5, 5.41) is 19.7. The van der Waals surface area contributed by atoms with E-state index in [-0.39, 0.29) is 11.6 Å². The first-order valence-electron chi connectivity index (χ1n) is 7.51. The van der Waals surface area contributed by atoms with Crippen LogP contribution in [0.3, 0.4) is 0 Å². The molecule has 0 aliphatic heterocycles. The highest BCUT2D eigenvalue weighted by Crippen LogP contribution is 2.17. The zero-order valence-corrected chi connectivity index (χ0v) is 15.2. The van der Waals surface area contributed by atoms with Gasteiger partial charge in [-0.2, -0.15) is 0 Å². The van der Waals surface area contributed by atoms with Gasteiger partial charge in [0.05, 0.1) is 11.4 Å². The fraction of sp³-hybridized carbons (Fsp3) is 0.375. The number of aromatic nitrogens is 3. The first kappa shape index (κ1) is 18.1. The SMILES string of the molecule is Cc1c(C(=O)N[C@@H](CC(C)C)C(=O)O)nnn1-c1cccc(Br)c1. The molecule has 0 spiro atoms. The van der Waals surface area contributed by atoms with Crippen LogP contribution < -0.4 is 5.32 Å². The average molecular weight is 395 g/mol. The first-order valence-corrected chi connectivity index (χ1v) is 8.30. The van der Waals surface area contributed by atoms with Crippen molar-refractivity contribution in [2.45, 2.75) is 33.2 Å². The maximum absolute atomic E-state index is 12.4. The summed E-state index contributed by atoms with van der Waals surface area (Å²) >= 11 is 3.39. The van der Waals surface area contributed by atoms with Crippen molar-refractivity contribution in [2.75, 3.05) is 0 Å². The third-order valence-electron chi connectivity index (χ3n) is 3.47. The van der Waals surface area contributed by atoms with E-state index >= 15 is 0 Å². The fourth-order valence-corrected chi connectivity index (χ4v) is 2.70. The Morgan fingerprint density at radius 3 is 2.67 bits per heavy atom. The summed E-state index contributed by atoms with van der Waals surface area (Å²) in [6.45, 7) is 5.52. The Labute approximate surface area is 148 Å². The Kier molecular flexibility index (Phi) is 5.71. The van der Waals surface area contributed by atoms with Crippen molar-refractivity contribution in [3.63, 3.8) is 0 Å². The van der Waals surface area contributed by atoms with Crippen LogP contribution in [0, 0.1) is 12.8 Å². The lowest BCUT2D eigenvalue weighted by atomic mass is 10.0. The highest BCUT2D eigenvalue weighted by molar-refractivity contribution is 9.10. The maximum atomic E-state index is 12.4. The smallest absolute Gasteiger partial charge is 0.326 e. The number of hydrogen-bond acceptors (Lipinski definition) is 4. The number of carboxylic acid groups (broad SMARTS) is 1. The minimum atomic E-state index is -1.06. The highest BCUT2D eigenvalue weighted by atomic mass is 79.9. The predicted octanol–water partition coefficient (Wildman–Crippen LogP) is 2.57. The quantitative estimate of drug-likeness (QED) is 0.784. The lowest BCUT2D eigenvalue weighted by Gasteiger charge is -2.15. The molecule has 0 fully saturated rings. The number of carbonyl (C=O) groups excluding carboxylic acids is 1. The summed E-state index contributed by atoms with van der Waals surface area (Å²) < 4.78 is 2.42. The zero-order chi connectivity index (χ0) is 17.9. The molecule has 7 nitrogen and oxygen atoms in total. The zero-order valence-electron chi connectivity index (χ0n) is 13.7. The minimum Gasteiger partial charge on any atom is -0.480 e. The van der Waals surface area contributed by atoms with Gasteiger partial charge in [0.15, 0.2) is 5.69 Å². The van der Waals surface area contributed by atoms with Crippen LogP contribution in [0.25, 0.3) is 5.69 Å². The average Bonchev–Trinajstić information content (AvgIpc) is 2.87. The van der Waals surface area contributed by atoms with Crippen molar-refractivity contribution < 1.29 is 14.7 Å². The molecule has 0 aliphatic rings. The molecule has 0 saturated carbocycles. The molecular formula is C16H19BrN4O3. The number of hydrogen-bond donors (Lipinski definition) is 2. The summed E-state index contributed by atoms with van der Waals surface area (Å²) in [5.74, 6) is -1.46. The highest BCUT2D eigenvalue weighted by Gasteiger charge is 2.25. The van der Waals surface area contributed by atoms with Crippen LogP contribution in [0.4, 0.5) is 0 Å². The van der Waals surface area contributed by atoms with Crippen LogP contribution in [-0.2, 0) is 4.79 Å². The molecule has 0 aliphatic carbocycles. The van der Waals surface area contributed by atoms with Crippen LogP contribution in [0.1, 0.15) is 36.5 Å². The van der Waals surface area contributed by atoms with Crippen LogP contribution >= 0.6 is 15.9 Å². The summed E-state index contributed by atoms with van der Waals surface area (Å²) in [6, 6.07) is 6.47. The van der Waals surface area contributed by atoms with Gasteiger partial charge in [-0.1, -0.05) is 41.1 Å². The van der Waals surface area contributed by atoms with Crippen molar-refractivity contribution in [1.82, 2.24) is 20.3 Å². The molecule has 1 amide bonds. The Hall–Kier alpha value is -2.22. The van der Waals surface area contributed by atoms with E-state index in [4.69, 9.17) is 0 Å². The minimum absolute atomic E-state index is 0.116. The largest absolute Gasteiger partial charge is 0.480 e. The maximum Gasteiger partial charge on any atom is 0.326 e. The van der Waals surface area contributed by atoms with Gasteiger partial charge in [-0.15, -0.1) is 5.10 Å². The van der Waals surface area contributed by atoms with Gasteiger partial charge in [-0.25, -0.2) is 9.48 Å². The van der Waals surface area contributed by atoms with E-state index in [1.165, 1.54) is 4.68 Å². The van der Waals surface area contributed by atoms with Crippen molar-refractivity contribution in [3.8, 4) is 5.69 Å². The number of amides is 1. The summed E-state index contributed by atoms with van der Waals surface area (Å²) in [5.41, 5.74) is 1.41. The Morgan fingerprint density at radius 2 is 2.08 bits per heavy atom. The molecule has 0 unspecified atom stereocenters. The van der Waals surface area contributed by atoms with Gasteiger partial charge < -0.3 is 10.4 Å². The molecule has 0 bridgehead atoms. The lowest BCUT2D eigenvalue weighted by Crippen LogP contribution is -2.42. The topological polar surface area (TPSA) is 97.1 Å². The molecule has 24 heavy (non-hydrogen) atoms. The van der Waals surface area contributed by atoms with Crippen LogP contribution in [0.5, 0.6) is 0 Å². The lowest BCUT2D eigenvalue weighted by molar-refractivity contribution is -0.139. The molecule has 128 valence electrons. The normalized spacial score (nSPS) is 12.2. The Bertz CT molecular complexity index is 758. The molecule has 0 saturated heterocycles. The molecule has 1 aromatic carbocycles. The Balaban J connectivity index is 2.23. The molecule has 2 rings (SSSR count). The van der Waals surface area contributed by atoms with Crippen LogP contribution in [-0.4, -0.2) is 38.0 Å². The van der Waals surface area contributed by atoms with Gasteiger partial charge in [0, 0.05) is 4.47 Å². The van der Waals surface area contributed by atoms with E-state index in [0.29, 0.717) is 12.1 Å². The Morgan fingerprint density at radius 1 is 1.38 bits per heavy atom. The number of aliphatic carboxylic acids is 1. The van der Waals surface area contributed by atoms with E-state index in [1.807, 2.05) is 38.1 Å². The molecule has 0 radical (unpaired) electrons. The van der Waals surface area contributed by atoms with Crippen molar-refractivity contribution in [1.29, 1.82) is 0 Å². The molecule has 2 N–H and O–H groups in total. The van der Waals surface area contributed by atoms with Gasteiger partial charge in [-0.05, 0) is 37.5 Å². The first-order chi connectivity index (χ1) is 11.3.